The zero-order chi connectivity index (χ0) is 14.2. The van der Waals surface area contributed by atoms with Crippen LogP contribution in [0.3, 0.4) is 0 Å². The third kappa shape index (κ3) is 5.35. The molecule has 4 heteroatoms. The van der Waals surface area contributed by atoms with Crippen molar-refractivity contribution in [3.63, 3.8) is 0 Å². The van der Waals surface area contributed by atoms with Crippen molar-refractivity contribution in [1.82, 2.24) is 0 Å². The SMILES string of the molecule is O=C(/C=C/C(=O)OCC1CCCC1)OCC1CCCC1. The maximum absolute atomic E-state index is 11.4. The molecule has 112 valence electrons. The predicted octanol–water partition coefficient (Wildman–Crippen LogP) is 3.01. The summed E-state index contributed by atoms with van der Waals surface area (Å²) >= 11 is 0. The lowest BCUT2D eigenvalue weighted by molar-refractivity contribution is -0.141. The highest BCUT2D eigenvalue weighted by Gasteiger charge is 2.17. The highest BCUT2D eigenvalue weighted by atomic mass is 16.5. The molecule has 0 aromatic rings. The van der Waals surface area contributed by atoms with Crippen molar-refractivity contribution in [3.8, 4) is 0 Å². The van der Waals surface area contributed by atoms with E-state index in [2.05, 4.69) is 0 Å². The molecule has 20 heavy (non-hydrogen) atoms. The second-order valence-electron chi connectivity index (χ2n) is 5.89. The van der Waals surface area contributed by atoms with E-state index < -0.39 is 11.9 Å². The van der Waals surface area contributed by atoms with Gasteiger partial charge in [-0.1, -0.05) is 25.7 Å². The number of esters is 2. The first kappa shape index (κ1) is 15.1. The van der Waals surface area contributed by atoms with Crippen LogP contribution in [0.1, 0.15) is 51.4 Å². The monoisotopic (exact) mass is 280 g/mol. The molecule has 0 radical (unpaired) electrons. The van der Waals surface area contributed by atoms with Crippen LogP contribution in [0.2, 0.25) is 0 Å². The summed E-state index contributed by atoms with van der Waals surface area (Å²) in [5.41, 5.74) is 0. The molecule has 0 aromatic heterocycles. The zero-order valence-electron chi connectivity index (χ0n) is 12.0. The van der Waals surface area contributed by atoms with Crippen molar-refractivity contribution < 1.29 is 19.1 Å². The summed E-state index contributed by atoms with van der Waals surface area (Å²) < 4.78 is 10.2. The van der Waals surface area contributed by atoms with Crippen LogP contribution >= 0.6 is 0 Å². The van der Waals surface area contributed by atoms with E-state index in [0.29, 0.717) is 25.0 Å². The molecule has 4 nitrogen and oxygen atoms in total. The number of rotatable bonds is 6. The maximum atomic E-state index is 11.4. The van der Waals surface area contributed by atoms with Gasteiger partial charge in [-0.15, -0.1) is 0 Å². The Morgan fingerprint density at radius 3 is 1.45 bits per heavy atom. The van der Waals surface area contributed by atoms with Gasteiger partial charge in [-0.2, -0.15) is 0 Å². The van der Waals surface area contributed by atoms with Gasteiger partial charge in [0.05, 0.1) is 13.2 Å². The van der Waals surface area contributed by atoms with Crippen molar-refractivity contribution in [3.05, 3.63) is 12.2 Å². The molecule has 0 saturated heterocycles. The highest BCUT2D eigenvalue weighted by Crippen LogP contribution is 2.25. The standard InChI is InChI=1S/C16H24O4/c17-15(19-11-13-5-1-2-6-13)9-10-16(18)20-12-14-7-3-4-8-14/h9-10,13-14H,1-8,11-12H2/b10-9+. The summed E-state index contributed by atoms with van der Waals surface area (Å²) in [6.45, 7) is 0.945. The third-order valence-electron chi connectivity index (χ3n) is 4.23. The Hall–Kier alpha value is -1.32. The molecule has 0 N–H and O–H groups in total. The highest BCUT2D eigenvalue weighted by molar-refractivity contribution is 5.91. The molecular weight excluding hydrogens is 256 g/mol. The molecule has 2 fully saturated rings. The molecule has 0 aliphatic heterocycles. The lowest BCUT2D eigenvalue weighted by atomic mass is 10.1. The fourth-order valence-corrected chi connectivity index (χ4v) is 2.99. The fraction of sp³-hybridized carbons (Fsp3) is 0.750. The van der Waals surface area contributed by atoms with Gasteiger partial charge in [0, 0.05) is 12.2 Å². The quantitative estimate of drug-likeness (QED) is 0.554. The molecular formula is C16H24O4. The number of hydrogen-bond donors (Lipinski definition) is 0. The predicted molar refractivity (Wildman–Crippen MR) is 75.0 cm³/mol. The minimum atomic E-state index is -0.449. The van der Waals surface area contributed by atoms with Gasteiger partial charge in [0.2, 0.25) is 0 Å². The zero-order valence-corrected chi connectivity index (χ0v) is 12.0. The van der Waals surface area contributed by atoms with E-state index in [0.717, 1.165) is 25.7 Å². The normalized spacial score (nSPS) is 20.6. The molecule has 2 rings (SSSR count). The second-order valence-corrected chi connectivity index (χ2v) is 5.89. The topological polar surface area (TPSA) is 52.6 Å². The average Bonchev–Trinajstić information content (AvgIpc) is 3.13. The summed E-state index contributed by atoms with van der Waals surface area (Å²) in [6.07, 6.45) is 11.8. The Balaban J connectivity index is 1.58. The van der Waals surface area contributed by atoms with E-state index in [1.54, 1.807) is 0 Å². The molecule has 2 saturated carbocycles. The average molecular weight is 280 g/mol. The Morgan fingerprint density at radius 1 is 0.750 bits per heavy atom. The first-order valence-electron chi connectivity index (χ1n) is 7.75. The Bertz CT molecular complexity index is 315. The molecule has 0 amide bonds. The van der Waals surface area contributed by atoms with Crippen LogP contribution in [0, 0.1) is 11.8 Å². The van der Waals surface area contributed by atoms with Crippen LogP contribution in [0.15, 0.2) is 12.2 Å². The van der Waals surface area contributed by atoms with E-state index in [9.17, 15) is 9.59 Å². The van der Waals surface area contributed by atoms with Crippen molar-refractivity contribution in [2.45, 2.75) is 51.4 Å². The van der Waals surface area contributed by atoms with E-state index in [1.807, 2.05) is 0 Å². The second kappa shape index (κ2) is 8.08. The van der Waals surface area contributed by atoms with Crippen LogP contribution in [0.5, 0.6) is 0 Å². The molecule has 0 unspecified atom stereocenters. The van der Waals surface area contributed by atoms with Crippen molar-refractivity contribution >= 4 is 11.9 Å². The lowest BCUT2D eigenvalue weighted by Crippen LogP contribution is -2.12. The molecule has 0 atom stereocenters. The largest absolute Gasteiger partial charge is 0.462 e. The molecule has 2 aliphatic carbocycles. The maximum Gasteiger partial charge on any atom is 0.331 e. The third-order valence-corrected chi connectivity index (χ3v) is 4.23. The van der Waals surface area contributed by atoms with E-state index >= 15 is 0 Å². The van der Waals surface area contributed by atoms with Gasteiger partial charge in [0.15, 0.2) is 0 Å². The van der Waals surface area contributed by atoms with E-state index in [1.165, 1.54) is 37.8 Å². The van der Waals surface area contributed by atoms with Gasteiger partial charge in [-0.05, 0) is 37.5 Å². The summed E-state index contributed by atoms with van der Waals surface area (Å²) in [6, 6.07) is 0. The molecule has 0 spiro atoms. The van der Waals surface area contributed by atoms with Gasteiger partial charge < -0.3 is 9.47 Å². The number of carbonyl (C=O) groups is 2. The van der Waals surface area contributed by atoms with Gasteiger partial charge in [0.1, 0.15) is 0 Å². The van der Waals surface area contributed by atoms with Crippen molar-refractivity contribution in [2.75, 3.05) is 13.2 Å². The summed E-state index contributed by atoms with van der Waals surface area (Å²) in [5, 5.41) is 0. The Labute approximate surface area is 120 Å². The van der Waals surface area contributed by atoms with Gasteiger partial charge in [-0.25, -0.2) is 9.59 Å². The smallest absolute Gasteiger partial charge is 0.331 e. The van der Waals surface area contributed by atoms with Gasteiger partial charge in [-0.3, -0.25) is 0 Å². The van der Waals surface area contributed by atoms with E-state index in [-0.39, 0.29) is 0 Å². The summed E-state index contributed by atoms with van der Waals surface area (Å²) in [7, 11) is 0. The first-order chi connectivity index (χ1) is 9.74. The van der Waals surface area contributed by atoms with Crippen LogP contribution in [-0.2, 0) is 19.1 Å². The minimum absolute atomic E-state index is 0.449. The minimum Gasteiger partial charge on any atom is -0.462 e. The van der Waals surface area contributed by atoms with Crippen LogP contribution in [0.25, 0.3) is 0 Å². The van der Waals surface area contributed by atoms with Crippen molar-refractivity contribution in [1.29, 1.82) is 0 Å². The van der Waals surface area contributed by atoms with Crippen molar-refractivity contribution in [2.24, 2.45) is 11.8 Å². The van der Waals surface area contributed by atoms with Crippen LogP contribution < -0.4 is 0 Å². The van der Waals surface area contributed by atoms with Crippen LogP contribution in [0.4, 0.5) is 0 Å². The molecule has 0 heterocycles. The summed E-state index contributed by atoms with van der Waals surface area (Å²) in [5.74, 6) is 0.104. The fourth-order valence-electron chi connectivity index (χ4n) is 2.99. The van der Waals surface area contributed by atoms with Gasteiger partial charge >= 0.3 is 11.9 Å². The Morgan fingerprint density at radius 2 is 1.10 bits per heavy atom. The van der Waals surface area contributed by atoms with Gasteiger partial charge in [0.25, 0.3) is 0 Å². The number of ether oxygens (including phenoxy) is 2. The Kier molecular flexibility index (Phi) is 6.09. The first-order valence-corrected chi connectivity index (χ1v) is 7.75. The lowest BCUT2D eigenvalue weighted by Gasteiger charge is -2.08. The summed E-state index contributed by atoms with van der Waals surface area (Å²) in [4.78, 5) is 22.9. The van der Waals surface area contributed by atoms with Crippen LogP contribution in [-0.4, -0.2) is 25.2 Å². The molecule has 2 aliphatic rings. The van der Waals surface area contributed by atoms with E-state index in [4.69, 9.17) is 9.47 Å². The molecule has 0 aromatic carbocycles. The number of hydrogen-bond acceptors (Lipinski definition) is 4. The molecule has 0 bridgehead atoms. The number of carbonyl (C=O) groups excluding carboxylic acids is 2.